The topological polar surface area (TPSA) is 64.1 Å². The van der Waals surface area contributed by atoms with E-state index in [0.29, 0.717) is 0 Å². The van der Waals surface area contributed by atoms with Crippen LogP contribution in [0.4, 0.5) is 0 Å². The molecule has 0 fully saturated rings. The molecule has 0 aliphatic carbocycles. The normalized spacial score (nSPS) is 12.5. The molecule has 0 spiro atoms. The minimum Gasteiger partial charge on any atom is -0.469 e. The smallest absolute Gasteiger partial charge is 0.105 e. The third-order valence-corrected chi connectivity index (χ3v) is 2.79. The van der Waals surface area contributed by atoms with Crippen molar-refractivity contribution in [1.29, 1.82) is 0 Å². The van der Waals surface area contributed by atoms with Gasteiger partial charge in [0.25, 0.3) is 0 Å². The maximum atomic E-state index is 5.55. The minimum atomic E-state index is 0.231. The number of aromatic nitrogens is 1. The summed E-state index contributed by atoms with van der Waals surface area (Å²) in [7, 11) is 0. The number of aryl methyl sites for hydroxylation is 1. The molecule has 2 rings (SSSR count). The molecule has 2 aromatic heterocycles. The summed E-state index contributed by atoms with van der Waals surface area (Å²) in [5, 5.41) is 0. The predicted octanol–water partition coefficient (Wildman–Crippen LogP) is 1.68. The van der Waals surface area contributed by atoms with Gasteiger partial charge in [-0.2, -0.15) is 0 Å². The van der Waals surface area contributed by atoms with E-state index >= 15 is 0 Å². The summed E-state index contributed by atoms with van der Waals surface area (Å²) in [6.45, 7) is 0. The van der Waals surface area contributed by atoms with Crippen LogP contribution in [-0.2, 0) is 12.8 Å². The van der Waals surface area contributed by atoms with Crippen molar-refractivity contribution in [2.75, 3.05) is 0 Å². The molecule has 17 heavy (non-hydrogen) atoms. The van der Waals surface area contributed by atoms with E-state index in [1.807, 2.05) is 36.7 Å². The van der Waals surface area contributed by atoms with Gasteiger partial charge >= 0.3 is 0 Å². The fraction of sp³-hybridized carbons (Fsp3) is 0.308. The van der Waals surface area contributed by atoms with Crippen molar-refractivity contribution >= 4 is 0 Å². The first-order valence-electron chi connectivity index (χ1n) is 5.76. The van der Waals surface area contributed by atoms with Crippen molar-refractivity contribution in [2.24, 2.45) is 5.84 Å². The number of hydrogen-bond donors (Lipinski definition) is 2. The number of furan rings is 1. The lowest BCUT2D eigenvalue weighted by molar-refractivity contribution is 0.430. The van der Waals surface area contributed by atoms with E-state index in [0.717, 1.165) is 25.0 Å². The van der Waals surface area contributed by atoms with E-state index in [9.17, 15) is 0 Å². The van der Waals surface area contributed by atoms with Crippen molar-refractivity contribution < 1.29 is 4.42 Å². The molecule has 0 aliphatic heterocycles. The SMILES string of the molecule is NNC(CCc1ccncc1)Cc1ccco1. The Balaban J connectivity index is 1.84. The summed E-state index contributed by atoms with van der Waals surface area (Å²) < 4.78 is 5.31. The number of rotatable bonds is 6. The van der Waals surface area contributed by atoms with Crippen LogP contribution >= 0.6 is 0 Å². The molecule has 4 nitrogen and oxygen atoms in total. The molecule has 4 heteroatoms. The number of nitrogens with two attached hydrogens (primary N) is 1. The maximum absolute atomic E-state index is 5.55. The van der Waals surface area contributed by atoms with E-state index in [1.165, 1.54) is 5.56 Å². The van der Waals surface area contributed by atoms with Crippen molar-refractivity contribution in [2.45, 2.75) is 25.3 Å². The quantitative estimate of drug-likeness (QED) is 0.586. The zero-order chi connectivity index (χ0) is 11.9. The number of hydrazine groups is 1. The molecule has 0 saturated carbocycles. The van der Waals surface area contributed by atoms with Gasteiger partial charge in [-0.1, -0.05) is 0 Å². The second-order valence-corrected chi connectivity index (χ2v) is 4.04. The van der Waals surface area contributed by atoms with E-state index < -0.39 is 0 Å². The Morgan fingerprint density at radius 1 is 1.29 bits per heavy atom. The Morgan fingerprint density at radius 2 is 2.12 bits per heavy atom. The van der Waals surface area contributed by atoms with Gasteiger partial charge in [-0.3, -0.25) is 16.3 Å². The first-order valence-corrected chi connectivity index (χ1v) is 5.76. The second kappa shape index (κ2) is 6.18. The van der Waals surface area contributed by atoms with Crippen molar-refractivity contribution in [3.8, 4) is 0 Å². The fourth-order valence-corrected chi connectivity index (χ4v) is 1.81. The minimum absolute atomic E-state index is 0.231. The van der Waals surface area contributed by atoms with Crippen LogP contribution in [0.5, 0.6) is 0 Å². The number of pyridine rings is 1. The van der Waals surface area contributed by atoms with Gasteiger partial charge in [0.15, 0.2) is 0 Å². The van der Waals surface area contributed by atoms with E-state index in [2.05, 4.69) is 10.4 Å². The molecule has 0 amide bonds. The summed E-state index contributed by atoms with van der Waals surface area (Å²) in [6.07, 6.45) is 8.08. The molecule has 2 heterocycles. The number of nitrogens with one attached hydrogen (secondary N) is 1. The van der Waals surface area contributed by atoms with Crippen molar-refractivity contribution in [3.05, 3.63) is 54.2 Å². The van der Waals surface area contributed by atoms with Crippen LogP contribution in [0.2, 0.25) is 0 Å². The monoisotopic (exact) mass is 231 g/mol. The summed E-state index contributed by atoms with van der Waals surface area (Å²) in [6, 6.07) is 8.15. The second-order valence-electron chi connectivity index (χ2n) is 4.04. The average Bonchev–Trinajstić information content (AvgIpc) is 2.88. The molecule has 1 unspecified atom stereocenters. The Kier molecular flexibility index (Phi) is 4.30. The Bertz CT molecular complexity index is 413. The third-order valence-electron chi connectivity index (χ3n) is 2.79. The van der Waals surface area contributed by atoms with Gasteiger partial charge in [-0.05, 0) is 42.7 Å². The molecule has 2 aromatic rings. The Morgan fingerprint density at radius 3 is 2.76 bits per heavy atom. The van der Waals surface area contributed by atoms with Gasteiger partial charge in [0, 0.05) is 24.9 Å². The van der Waals surface area contributed by atoms with Gasteiger partial charge in [0.05, 0.1) is 6.26 Å². The van der Waals surface area contributed by atoms with Crippen LogP contribution in [0.3, 0.4) is 0 Å². The van der Waals surface area contributed by atoms with Gasteiger partial charge in [-0.25, -0.2) is 0 Å². The lowest BCUT2D eigenvalue weighted by Crippen LogP contribution is -2.37. The van der Waals surface area contributed by atoms with Crippen LogP contribution in [0.1, 0.15) is 17.7 Å². The highest BCUT2D eigenvalue weighted by molar-refractivity contribution is 5.10. The van der Waals surface area contributed by atoms with Gasteiger partial charge in [-0.15, -0.1) is 0 Å². The van der Waals surface area contributed by atoms with Gasteiger partial charge < -0.3 is 4.42 Å². The van der Waals surface area contributed by atoms with Crippen LogP contribution in [0, 0.1) is 0 Å². The third kappa shape index (κ3) is 3.69. The highest BCUT2D eigenvalue weighted by Gasteiger charge is 2.09. The largest absolute Gasteiger partial charge is 0.469 e. The highest BCUT2D eigenvalue weighted by Crippen LogP contribution is 2.09. The fourth-order valence-electron chi connectivity index (χ4n) is 1.81. The van der Waals surface area contributed by atoms with Gasteiger partial charge in [0.2, 0.25) is 0 Å². The molecule has 0 aliphatic rings. The Hall–Kier alpha value is -1.65. The van der Waals surface area contributed by atoms with Crippen LogP contribution in [0.15, 0.2) is 47.3 Å². The van der Waals surface area contributed by atoms with E-state index in [1.54, 1.807) is 6.26 Å². The summed E-state index contributed by atoms with van der Waals surface area (Å²) in [5.74, 6) is 6.51. The molecule has 1 atom stereocenters. The molecule has 0 radical (unpaired) electrons. The molecule has 3 N–H and O–H groups in total. The summed E-state index contributed by atoms with van der Waals surface area (Å²) in [5.41, 5.74) is 4.11. The number of hydrogen-bond acceptors (Lipinski definition) is 4. The first kappa shape index (κ1) is 11.8. The average molecular weight is 231 g/mol. The van der Waals surface area contributed by atoms with E-state index in [-0.39, 0.29) is 6.04 Å². The van der Waals surface area contributed by atoms with E-state index in [4.69, 9.17) is 10.3 Å². The molecule has 0 bridgehead atoms. The maximum Gasteiger partial charge on any atom is 0.105 e. The first-order chi connectivity index (χ1) is 8.38. The molecular weight excluding hydrogens is 214 g/mol. The standard InChI is InChI=1S/C13H17N3O/c14-16-12(10-13-2-1-9-17-13)4-3-11-5-7-15-8-6-11/h1-2,5-9,12,16H,3-4,10,14H2. The molecule has 90 valence electrons. The van der Waals surface area contributed by atoms with Crippen LogP contribution in [-0.4, -0.2) is 11.0 Å². The van der Waals surface area contributed by atoms with Crippen LogP contribution in [0.25, 0.3) is 0 Å². The highest BCUT2D eigenvalue weighted by atomic mass is 16.3. The lowest BCUT2D eigenvalue weighted by atomic mass is 10.0. The van der Waals surface area contributed by atoms with Crippen LogP contribution < -0.4 is 11.3 Å². The lowest BCUT2D eigenvalue weighted by Gasteiger charge is -2.14. The van der Waals surface area contributed by atoms with Gasteiger partial charge in [0.1, 0.15) is 5.76 Å². The zero-order valence-electron chi connectivity index (χ0n) is 9.67. The summed E-state index contributed by atoms with van der Waals surface area (Å²) >= 11 is 0. The Labute approximate surface area is 101 Å². The number of nitrogens with zero attached hydrogens (tertiary/aromatic N) is 1. The predicted molar refractivity (Wildman–Crippen MR) is 66.1 cm³/mol. The van der Waals surface area contributed by atoms with Crippen molar-refractivity contribution in [3.63, 3.8) is 0 Å². The summed E-state index contributed by atoms with van der Waals surface area (Å²) in [4.78, 5) is 4.00. The molecular formula is C13H17N3O. The molecule has 0 saturated heterocycles. The molecule has 0 aromatic carbocycles. The van der Waals surface area contributed by atoms with Crippen molar-refractivity contribution in [1.82, 2.24) is 10.4 Å². The zero-order valence-corrected chi connectivity index (χ0v) is 9.67.